The van der Waals surface area contributed by atoms with Crippen molar-refractivity contribution >= 4 is 23.4 Å². The molecule has 0 atom stereocenters. The molecule has 0 aliphatic rings. The molecule has 1 aromatic carbocycles. The Labute approximate surface area is 121 Å². The molecular weight excluding hydrogens is 278 g/mol. The number of benzene rings is 1. The number of hydrogen-bond acceptors (Lipinski definition) is 4. The zero-order valence-corrected chi connectivity index (χ0v) is 11.7. The Bertz CT molecular complexity index is 614. The van der Waals surface area contributed by atoms with Gasteiger partial charge in [-0.05, 0) is 30.7 Å². The second kappa shape index (κ2) is 6.34. The first kappa shape index (κ1) is 14.3. The third kappa shape index (κ3) is 3.24. The maximum Gasteiger partial charge on any atom is 0.341 e. The second-order valence-corrected chi connectivity index (χ2v) is 4.63. The number of carboxylic acid groups (broad SMARTS) is 1. The van der Waals surface area contributed by atoms with Crippen LogP contribution in [-0.4, -0.2) is 27.6 Å². The number of nitrogens with zero attached hydrogens (tertiary/aromatic N) is 2. The zero-order valence-electron chi connectivity index (χ0n) is 10.9. The molecule has 0 spiro atoms. The Hall–Kier alpha value is -2.14. The summed E-state index contributed by atoms with van der Waals surface area (Å²) in [5, 5.41) is 12.8. The average molecular weight is 292 g/mol. The summed E-state index contributed by atoms with van der Waals surface area (Å²) in [6.07, 6.45) is 2.19. The minimum Gasteiger partial charge on any atom is -0.477 e. The Balaban J connectivity index is 2.40. The van der Waals surface area contributed by atoms with Crippen LogP contribution in [0.5, 0.6) is 0 Å². The summed E-state index contributed by atoms with van der Waals surface area (Å²) in [5.41, 5.74) is 0.849. The van der Waals surface area contributed by atoms with Crippen molar-refractivity contribution in [3.05, 3.63) is 41.0 Å². The number of aromatic carboxylic acids is 1. The smallest absolute Gasteiger partial charge is 0.341 e. The second-order valence-electron chi connectivity index (χ2n) is 4.19. The molecule has 1 aromatic heterocycles. The molecule has 20 heavy (non-hydrogen) atoms. The molecule has 0 radical (unpaired) electrons. The van der Waals surface area contributed by atoms with Crippen LogP contribution in [0.15, 0.2) is 30.5 Å². The van der Waals surface area contributed by atoms with Gasteiger partial charge in [-0.15, -0.1) is 0 Å². The van der Waals surface area contributed by atoms with Crippen molar-refractivity contribution in [2.75, 3.05) is 11.9 Å². The summed E-state index contributed by atoms with van der Waals surface area (Å²) < 4.78 is 0. The van der Waals surface area contributed by atoms with Crippen molar-refractivity contribution in [3.63, 3.8) is 0 Å². The molecule has 0 amide bonds. The van der Waals surface area contributed by atoms with E-state index in [1.165, 1.54) is 6.20 Å². The van der Waals surface area contributed by atoms with E-state index in [2.05, 4.69) is 15.3 Å². The summed E-state index contributed by atoms with van der Waals surface area (Å²) in [6, 6.07) is 7.07. The van der Waals surface area contributed by atoms with Gasteiger partial charge >= 0.3 is 5.97 Å². The largest absolute Gasteiger partial charge is 0.477 e. The number of carbonyl (C=O) groups is 1. The Morgan fingerprint density at radius 1 is 1.35 bits per heavy atom. The lowest BCUT2D eigenvalue weighted by Gasteiger charge is -2.09. The number of aromatic nitrogens is 2. The normalized spacial score (nSPS) is 10.3. The molecular formula is C14H14ClN3O2. The average Bonchev–Trinajstić information content (AvgIpc) is 2.45. The van der Waals surface area contributed by atoms with Crippen molar-refractivity contribution in [1.82, 2.24) is 9.97 Å². The predicted molar refractivity (Wildman–Crippen MR) is 78.2 cm³/mol. The molecule has 6 heteroatoms. The highest BCUT2D eigenvalue weighted by Gasteiger charge is 2.14. The van der Waals surface area contributed by atoms with Gasteiger partial charge in [0.2, 0.25) is 0 Å². The highest BCUT2D eigenvalue weighted by molar-refractivity contribution is 6.30. The topological polar surface area (TPSA) is 75.1 Å². The molecule has 0 aliphatic carbocycles. The lowest BCUT2D eigenvalue weighted by atomic mass is 10.2. The van der Waals surface area contributed by atoms with Crippen LogP contribution in [0.3, 0.4) is 0 Å². The monoisotopic (exact) mass is 291 g/mol. The van der Waals surface area contributed by atoms with E-state index in [1.807, 2.05) is 6.92 Å². The van der Waals surface area contributed by atoms with Crippen LogP contribution in [0.1, 0.15) is 23.7 Å². The molecule has 0 saturated carbocycles. The van der Waals surface area contributed by atoms with Gasteiger partial charge in [0.25, 0.3) is 0 Å². The van der Waals surface area contributed by atoms with E-state index in [0.717, 1.165) is 12.0 Å². The first-order chi connectivity index (χ1) is 9.61. The number of nitrogens with one attached hydrogen (secondary N) is 1. The molecule has 104 valence electrons. The predicted octanol–water partition coefficient (Wildman–Crippen LogP) is 3.32. The standard InChI is InChI=1S/C14H14ClN3O2/c1-2-7-16-13-11(14(19)20)8-17-12(18-13)9-3-5-10(15)6-4-9/h3-6,8H,2,7H2,1H3,(H,19,20)(H,16,17,18). The maximum atomic E-state index is 11.1. The summed E-state index contributed by atoms with van der Waals surface area (Å²) in [4.78, 5) is 19.5. The number of rotatable bonds is 5. The van der Waals surface area contributed by atoms with Gasteiger partial charge in [-0.25, -0.2) is 14.8 Å². The number of carboxylic acids is 1. The zero-order chi connectivity index (χ0) is 14.5. The molecule has 2 N–H and O–H groups in total. The van der Waals surface area contributed by atoms with E-state index in [0.29, 0.717) is 23.2 Å². The number of halogens is 1. The van der Waals surface area contributed by atoms with Crippen LogP contribution in [0.25, 0.3) is 11.4 Å². The van der Waals surface area contributed by atoms with Gasteiger partial charge in [-0.1, -0.05) is 18.5 Å². The molecule has 0 fully saturated rings. The molecule has 1 heterocycles. The first-order valence-electron chi connectivity index (χ1n) is 6.22. The highest BCUT2D eigenvalue weighted by atomic mass is 35.5. The van der Waals surface area contributed by atoms with Gasteiger partial charge in [0, 0.05) is 23.3 Å². The number of anilines is 1. The fourth-order valence-corrected chi connectivity index (χ4v) is 1.78. The fraction of sp³-hybridized carbons (Fsp3) is 0.214. The van der Waals surface area contributed by atoms with E-state index in [1.54, 1.807) is 24.3 Å². The maximum absolute atomic E-state index is 11.1. The summed E-state index contributed by atoms with van der Waals surface area (Å²) in [6.45, 7) is 2.64. The van der Waals surface area contributed by atoms with E-state index in [-0.39, 0.29) is 5.56 Å². The van der Waals surface area contributed by atoms with Gasteiger partial charge in [0.05, 0.1) is 0 Å². The Kier molecular flexibility index (Phi) is 4.53. The van der Waals surface area contributed by atoms with Crippen molar-refractivity contribution in [3.8, 4) is 11.4 Å². The molecule has 2 rings (SSSR count). The van der Waals surface area contributed by atoms with E-state index in [9.17, 15) is 4.79 Å². The Morgan fingerprint density at radius 3 is 2.65 bits per heavy atom. The summed E-state index contributed by atoms with van der Waals surface area (Å²) in [5.74, 6) is -0.254. The third-order valence-corrected chi connectivity index (χ3v) is 2.92. The van der Waals surface area contributed by atoms with Crippen LogP contribution in [0, 0.1) is 0 Å². The molecule has 0 unspecified atom stereocenters. The quantitative estimate of drug-likeness (QED) is 0.884. The van der Waals surface area contributed by atoms with Crippen molar-refractivity contribution in [1.29, 1.82) is 0 Å². The first-order valence-corrected chi connectivity index (χ1v) is 6.59. The fourth-order valence-electron chi connectivity index (χ4n) is 1.65. The molecule has 5 nitrogen and oxygen atoms in total. The van der Waals surface area contributed by atoms with Crippen LogP contribution >= 0.6 is 11.6 Å². The minimum atomic E-state index is -1.05. The van der Waals surface area contributed by atoms with Gasteiger partial charge < -0.3 is 10.4 Å². The van der Waals surface area contributed by atoms with E-state index >= 15 is 0 Å². The van der Waals surface area contributed by atoms with Crippen LogP contribution < -0.4 is 5.32 Å². The van der Waals surface area contributed by atoms with Crippen molar-refractivity contribution in [2.24, 2.45) is 0 Å². The van der Waals surface area contributed by atoms with E-state index in [4.69, 9.17) is 16.7 Å². The van der Waals surface area contributed by atoms with Crippen LogP contribution in [0.4, 0.5) is 5.82 Å². The minimum absolute atomic E-state index is 0.0659. The van der Waals surface area contributed by atoms with Gasteiger partial charge in [0.15, 0.2) is 5.82 Å². The Morgan fingerprint density at radius 2 is 2.05 bits per heavy atom. The van der Waals surface area contributed by atoms with Gasteiger partial charge in [0.1, 0.15) is 11.4 Å². The number of hydrogen-bond donors (Lipinski definition) is 2. The van der Waals surface area contributed by atoms with Gasteiger partial charge in [-0.3, -0.25) is 0 Å². The highest BCUT2D eigenvalue weighted by Crippen LogP contribution is 2.21. The molecule has 2 aromatic rings. The summed E-state index contributed by atoms with van der Waals surface area (Å²) in [7, 11) is 0. The van der Waals surface area contributed by atoms with Gasteiger partial charge in [-0.2, -0.15) is 0 Å². The summed E-state index contributed by atoms with van der Waals surface area (Å²) >= 11 is 5.83. The molecule has 0 saturated heterocycles. The molecule has 0 bridgehead atoms. The lowest BCUT2D eigenvalue weighted by Crippen LogP contribution is -2.10. The third-order valence-electron chi connectivity index (χ3n) is 2.66. The van der Waals surface area contributed by atoms with Crippen molar-refractivity contribution < 1.29 is 9.90 Å². The van der Waals surface area contributed by atoms with Crippen molar-refractivity contribution in [2.45, 2.75) is 13.3 Å². The molecule has 0 aliphatic heterocycles. The van der Waals surface area contributed by atoms with Crippen LogP contribution in [-0.2, 0) is 0 Å². The SMILES string of the molecule is CCCNc1nc(-c2ccc(Cl)cc2)ncc1C(=O)O. The lowest BCUT2D eigenvalue weighted by molar-refractivity contribution is 0.0697. The van der Waals surface area contributed by atoms with Crippen LogP contribution in [0.2, 0.25) is 5.02 Å². The van der Waals surface area contributed by atoms with E-state index < -0.39 is 5.97 Å².